The van der Waals surface area contributed by atoms with Crippen molar-refractivity contribution in [3.63, 3.8) is 0 Å². The fraction of sp³-hybridized carbons (Fsp3) is 0.600. The van der Waals surface area contributed by atoms with E-state index in [1.807, 2.05) is 18.2 Å². The lowest BCUT2D eigenvalue weighted by Gasteiger charge is -2.17. The molecule has 2 unspecified atom stereocenters. The SMILES string of the molecule is CC(CC1CC1)NCC(O)c1ccc2c(c1)OCO2. The van der Waals surface area contributed by atoms with E-state index in [0.29, 0.717) is 12.6 Å². The van der Waals surface area contributed by atoms with Crippen molar-refractivity contribution in [2.24, 2.45) is 5.92 Å². The highest BCUT2D eigenvalue weighted by Gasteiger charge is 2.24. The third-order valence-corrected chi connectivity index (χ3v) is 3.82. The van der Waals surface area contributed by atoms with E-state index in [4.69, 9.17) is 9.47 Å². The third kappa shape index (κ3) is 3.19. The highest BCUT2D eigenvalue weighted by atomic mass is 16.7. The minimum Gasteiger partial charge on any atom is -0.454 e. The Bertz CT molecular complexity index is 445. The Hall–Kier alpha value is -1.26. The summed E-state index contributed by atoms with van der Waals surface area (Å²) in [5.41, 5.74) is 0.871. The lowest BCUT2D eigenvalue weighted by Crippen LogP contribution is -2.30. The van der Waals surface area contributed by atoms with Crippen LogP contribution in [0.1, 0.15) is 37.9 Å². The van der Waals surface area contributed by atoms with Gasteiger partial charge < -0.3 is 19.9 Å². The molecule has 0 spiro atoms. The molecule has 1 aliphatic carbocycles. The molecule has 4 heteroatoms. The van der Waals surface area contributed by atoms with Gasteiger partial charge in [-0.15, -0.1) is 0 Å². The molecule has 1 heterocycles. The third-order valence-electron chi connectivity index (χ3n) is 3.82. The van der Waals surface area contributed by atoms with E-state index in [9.17, 15) is 5.11 Å². The highest BCUT2D eigenvalue weighted by molar-refractivity contribution is 5.45. The maximum atomic E-state index is 10.2. The van der Waals surface area contributed by atoms with Crippen LogP contribution in [0, 0.1) is 5.92 Å². The van der Waals surface area contributed by atoms with Crippen molar-refractivity contribution in [2.45, 2.75) is 38.3 Å². The Morgan fingerprint density at radius 2 is 2.11 bits per heavy atom. The van der Waals surface area contributed by atoms with E-state index in [1.165, 1.54) is 19.3 Å². The lowest BCUT2D eigenvalue weighted by molar-refractivity contribution is 0.167. The molecule has 2 N–H and O–H groups in total. The summed E-state index contributed by atoms with van der Waals surface area (Å²) < 4.78 is 10.6. The van der Waals surface area contributed by atoms with Gasteiger partial charge in [-0.05, 0) is 37.0 Å². The van der Waals surface area contributed by atoms with Crippen LogP contribution in [0.3, 0.4) is 0 Å². The summed E-state index contributed by atoms with van der Waals surface area (Å²) >= 11 is 0. The largest absolute Gasteiger partial charge is 0.454 e. The number of hydrogen-bond acceptors (Lipinski definition) is 4. The van der Waals surface area contributed by atoms with Crippen molar-refractivity contribution in [3.05, 3.63) is 23.8 Å². The van der Waals surface area contributed by atoms with Gasteiger partial charge in [0.15, 0.2) is 11.5 Å². The average molecular weight is 263 g/mol. The first-order valence-electron chi connectivity index (χ1n) is 7.03. The molecular weight excluding hydrogens is 242 g/mol. The van der Waals surface area contributed by atoms with Crippen LogP contribution < -0.4 is 14.8 Å². The molecule has 1 aromatic rings. The predicted octanol–water partition coefficient (Wildman–Crippen LogP) is 2.23. The van der Waals surface area contributed by atoms with E-state index < -0.39 is 6.10 Å². The van der Waals surface area contributed by atoms with Crippen LogP contribution in [-0.4, -0.2) is 24.5 Å². The van der Waals surface area contributed by atoms with Crippen LogP contribution in [0.25, 0.3) is 0 Å². The first-order chi connectivity index (χ1) is 9.22. The van der Waals surface area contributed by atoms with E-state index in [-0.39, 0.29) is 6.79 Å². The Morgan fingerprint density at radius 3 is 2.89 bits per heavy atom. The molecule has 0 amide bonds. The number of aliphatic hydroxyl groups excluding tert-OH is 1. The molecule has 1 aromatic carbocycles. The maximum Gasteiger partial charge on any atom is 0.231 e. The standard InChI is InChI=1S/C15H21NO3/c1-10(6-11-2-3-11)16-8-13(17)12-4-5-14-15(7-12)19-9-18-14/h4-5,7,10-11,13,16-17H,2-3,6,8-9H2,1H3. The summed E-state index contributed by atoms with van der Waals surface area (Å²) in [5, 5.41) is 13.6. The van der Waals surface area contributed by atoms with E-state index in [2.05, 4.69) is 12.2 Å². The molecule has 104 valence electrons. The van der Waals surface area contributed by atoms with Gasteiger partial charge in [-0.1, -0.05) is 18.9 Å². The molecule has 2 aliphatic rings. The number of benzene rings is 1. The molecule has 0 saturated heterocycles. The number of fused-ring (bicyclic) bond motifs is 1. The van der Waals surface area contributed by atoms with Crippen LogP contribution in [0.4, 0.5) is 0 Å². The van der Waals surface area contributed by atoms with E-state index >= 15 is 0 Å². The molecule has 0 radical (unpaired) electrons. The van der Waals surface area contributed by atoms with Gasteiger partial charge in [0.2, 0.25) is 6.79 Å². The van der Waals surface area contributed by atoms with Crippen molar-refractivity contribution < 1.29 is 14.6 Å². The molecule has 0 aromatic heterocycles. The zero-order valence-corrected chi connectivity index (χ0v) is 11.3. The highest BCUT2D eigenvalue weighted by Crippen LogP contribution is 2.35. The quantitative estimate of drug-likeness (QED) is 0.826. The van der Waals surface area contributed by atoms with Crippen molar-refractivity contribution in [1.29, 1.82) is 0 Å². The zero-order chi connectivity index (χ0) is 13.2. The molecule has 1 saturated carbocycles. The average Bonchev–Trinajstić information content (AvgIpc) is 3.09. The van der Waals surface area contributed by atoms with Crippen LogP contribution in [-0.2, 0) is 0 Å². The number of ether oxygens (including phenoxy) is 2. The molecule has 2 atom stereocenters. The normalized spacial score (nSPS) is 20.3. The summed E-state index contributed by atoms with van der Waals surface area (Å²) in [5.74, 6) is 2.39. The Labute approximate surface area is 113 Å². The van der Waals surface area contributed by atoms with Crippen molar-refractivity contribution in [2.75, 3.05) is 13.3 Å². The second-order valence-electron chi connectivity index (χ2n) is 5.62. The number of rotatable bonds is 6. The van der Waals surface area contributed by atoms with Crippen molar-refractivity contribution in [1.82, 2.24) is 5.32 Å². The minimum absolute atomic E-state index is 0.269. The smallest absolute Gasteiger partial charge is 0.231 e. The molecular formula is C15H21NO3. The Morgan fingerprint density at radius 1 is 1.32 bits per heavy atom. The van der Waals surface area contributed by atoms with Gasteiger partial charge in [0.1, 0.15) is 0 Å². The van der Waals surface area contributed by atoms with E-state index in [1.54, 1.807) is 0 Å². The Kier molecular flexibility index (Phi) is 3.62. The summed E-state index contributed by atoms with van der Waals surface area (Å²) in [7, 11) is 0. The molecule has 3 rings (SSSR count). The van der Waals surface area contributed by atoms with Gasteiger partial charge in [0, 0.05) is 12.6 Å². The molecule has 0 bridgehead atoms. The van der Waals surface area contributed by atoms with Crippen LogP contribution in [0.5, 0.6) is 11.5 Å². The van der Waals surface area contributed by atoms with Crippen LogP contribution in [0.2, 0.25) is 0 Å². The number of hydrogen-bond donors (Lipinski definition) is 2. The number of nitrogens with one attached hydrogen (secondary N) is 1. The fourth-order valence-electron chi connectivity index (χ4n) is 2.49. The van der Waals surface area contributed by atoms with Gasteiger partial charge in [-0.3, -0.25) is 0 Å². The molecule has 4 nitrogen and oxygen atoms in total. The van der Waals surface area contributed by atoms with E-state index in [0.717, 1.165) is 23.0 Å². The van der Waals surface area contributed by atoms with Gasteiger partial charge >= 0.3 is 0 Å². The summed E-state index contributed by atoms with van der Waals surface area (Å²) in [6.07, 6.45) is 3.46. The summed E-state index contributed by atoms with van der Waals surface area (Å²) in [4.78, 5) is 0. The van der Waals surface area contributed by atoms with Gasteiger partial charge in [-0.25, -0.2) is 0 Å². The zero-order valence-electron chi connectivity index (χ0n) is 11.3. The molecule has 1 aliphatic heterocycles. The van der Waals surface area contributed by atoms with Crippen molar-refractivity contribution in [3.8, 4) is 11.5 Å². The summed E-state index contributed by atoms with van der Waals surface area (Å²) in [6, 6.07) is 6.08. The second-order valence-corrected chi connectivity index (χ2v) is 5.62. The van der Waals surface area contributed by atoms with Crippen molar-refractivity contribution >= 4 is 0 Å². The molecule has 19 heavy (non-hydrogen) atoms. The second kappa shape index (κ2) is 5.39. The lowest BCUT2D eigenvalue weighted by atomic mass is 10.1. The van der Waals surface area contributed by atoms with Crippen LogP contribution >= 0.6 is 0 Å². The first-order valence-corrected chi connectivity index (χ1v) is 7.03. The maximum absolute atomic E-state index is 10.2. The van der Waals surface area contributed by atoms with Gasteiger partial charge in [0.05, 0.1) is 6.10 Å². The topological polar surface area (TPSA) is 50.7 Å². The summed E-state index contributed by atoms with van der Waals surface area (Å²) in [6.45, 7) is 3.03. The monoisotopic (exact) mass is 263 g/mol. The fourth-order valence-corrected chi connectivity index (χ4v) is 2.49. The van der Waals surface area contributed by atoms with Gasteiger partial charge in [-0.2, -0.15) is 0 Å². The number of aliphatic hydroxyl groups is 1. The minimum atomic E-state index is -0.504. The van der Waals surface area contributed by atoms with Crippen LogP contribution in [0.15, 0.2) is 18.2 Å². The molecule has 1 fully saturated rings. The first kappa shape index (κ1) is 12.8. The Balaban J connectivity index is 1.52. The van der Waals surface area contributed by atoms with Gasteiger partial charge in [0.25, 0.3) is 0 Å². The predicted molar refractivity (Wildman–Crippen MR) is 72.3 cm³/mol.